The second kappa shape index (κ2) is 10.3. The average Bonchev–Trinajstić information content (AvgIpc) is 3.22. The molecule has 0 aliphatic heterocycles. The molecule has 0 spiro atoms. The van der Waals surface area contributed by atoms with Gasteiger partial charge in [-0.05, 0) is 36.6 Å². The first-order chi connectivity index (χ1) is 14.4. The second-order valence-corrected chi connectivity index (χ2v) is 10.2. The molecule has 1 aromatic heterocycles. The van der Waals surface area contributed by atoms with Crippen molar-refractivity contribution < 1.29 is 13.2 Å². The summed E-state index contributed by atoms with van der Waals surface area (Å²) in [7, 11) is -3.48. The fourth-order valence-corrected chi connectivity index (χ4v) is 5.96. The quantitative estimate of drug-likeness (QED) is 0.609. The number of carbonyl (C=O) groups is 1. The minimum absolute atomic E-state index is 0.247. The minimum atomic E-state index is -3.48. The highest BCUT2D eigenvalue weighted by Crippen LogP contribution is 2.35. The first-order valence-electron chi connectivity index (χ1n) is 10.4. The molecule has 3 rings (SSSR count). The third-order valence-electron chi connectivity index (χ3n) is 5.28. The number of anilines is 1. The van der Waals surface area contributed by atoms with Crippen LogP contribution in [0.2, 0.25) is 0 Å². The van der Waals surface area contributed by atoms with Gasteiger partial charge in [0.15, 0.2) is 0 Å². The summed E-state index contributed by atoms with van der Waals surface area (Å²) in [5.74, 6) is 0.171. The third-order valence-corrected chi connectivity index (χ3v) is 8.34. The summed E-state index contributed by atoms with van der Waals surface area (Å²) in [6.07, 6.45) is 9.08. The fraction of sp³-hybridized carbons (Fsp3) is 0.476. The Morgan fingerprint density at radius 2 is 1.80 bits per heavy atom. The molecule has 0 saturated heterocycles. The molecule has 0 atom stereocenters. The Morgan fingerprint density at radius 1 is 1.13 bits per heavy atom. The number of sulfonamides is 1. The number of nitrogens with zero attached hydrogens (tertiary/aromatic N) is 3. The van der Waals surface area contributed by atoms with Crippen LogP contribution in [0, 0.1) is 0 Å². The lowest BCUT2D eigenvalue weighted by Gasteiger charge is -2.18. The van der Waals surface area contributed by atoms with Crippen molar-refractivity contribution in [3.05, 3.63) is 40.9 Å². The summed E-state index contributed by atoms with van der Waals surface area (Å²) in [6, 6.07) is 6.50. The Bertz CT molecular complexity index is 974. The Hall–Kier alpha value is -2.10. The lowest BCUT2D eigenvalue weighted by molar-refractivity contribution is -0.111. The molecule has 1 fully saturated rings. The summed E-state index contributed by atoms with van der Waals surface area (Å²) in [5.41, 5.74) is 0.740. The number of nitrogens with one attached hydrogen (secondary N) is 1. The molecule has 2 aromatic rings. The summed E-state index contributed by atoms with van der Waals surface area (Å²) in [5, 5.41) is 12.6. The maximum atomic E-state index is 12.5. The van der Waals surface area contributed by atoms with E-state index >= 15 is 0 Å². The molecule has 1 aromatic carbocycles. The highest BCUT2D eigenvalue weighted by Gasteiger charge is 2.21. The van der Waals surface area contributed by atoms with E-state index < -0.39 is 10.0 Å². The predicted molar refractivity (Wildman–Crippen MR) is 120 cm³/mol. The van der Waals surface area contributed by atoms with Gasteiger partial charge in [-0.15, -0.1) is 10.2 Å². The van der Waals surface area contributed by atoms with Gasteiger partial charge in [0.05, 0.1) is 4.90 Å². The SMILES string of the molecule is CCN(CC)S(=O)(=O)c1ccc(/C=C/C(=O)Nc2nnc(C3CCCCC3)s2)cc1. The van der Waals surface area contributed by atoms with Crippen molar-refractivity contribution in [1.82, 2.24) is 14.5 Å². The highest BCUT2D eigenvalue weighted by atomic mass is 32.2. The van der Waals surface area contributed by atoms with E-state index in [0.717, 1.165) is 23.4 Å². The van der Waals surface area contributed by atoms with E-state index in [1.165, 1.54) is 41.0 Å². The van der Waals surface area contributed by atoms with Crippen molar-refractivity contribution in [3.63, 3.8) is 0 Å². The van der Waals surface area contributed by atoms with Gasteiger partial charge in [-0.2, -0.15) is 4.31 Å². The van der Waals surface area contributed by atoms with Crippen LogP contribution < -0.4 is 5.32 Å². The molecular weight excluding hydrogens is 420 g/mol. The molecule has 0 bridgehead atoms. The van der Waals surface area contributed by atoms with E-state index in [-0.39, 0.29) is 10.8 Å². The molecule has 1 saturated carbocycles. The molecule has 7 nitrogen and oxygen atoms in total. The van der Waals surface area contributed by atoms with E-state index in [0.29, 0.717) is 24.1 Å². The van der Waals surface area contributed by atoms with Crippen molar-refractivity contribution >= 4 is 38.5 Å². The average molecular weight is 449 g/mol. The van der Waals surface area contributed by atoms with E-state index in [9.17, 15) is 13.2 Å². The van der Waals surface area contributed by atoms with Crippen molar-refractivity contribution in [3.8, 4) is 0 Å². The lowest BCUT2D eigenvalue weighted by Crippen LogP contribution is -2.30. The van der Waals surface area contributed by atoms with E-state index in [4.69, 9.17) is 0 Å². The molecule has 1 N–H and O–H groups in total. The van der Waals surface area contributed by atoms with Crippen LogP contribution in [0.5, 0.6) is 0 Å². The summed E-state index contributed by atoms with van der Waals surface area (Å²) in [4.78, 5) is 12.5. The maximum Gasteiger partial charge on any atom is 0.250 e. The van der Waals surface area contributed by atoms with Crippen LogP contribution in [0.4, 0.5) is 5.13 Å². The molecule has 30 heavy (non-hydrogen) atoms. The van der Waals surface area contributed by atoms with Crippen LogP contribution in [-0.4, -0.2) is 41.9 Å². The van der Waals surface area contributed by atoms with E-state index in [1.54, 1.807) is 30.3 Å². The first kappa shape index (κ1) is 22.6. The zero-order valence-electron chi connectivity index (χ0n) is 17.4. The zero-order valence-corrected chi connectivity index (χ0v) is 19.0. The molecule has 162 valence electrons. The van der Waals surface area contributed by atoms with Crippen molar-refractivity contribution in [2.24, 2.45) is 0 Å². The summed E-state index contributed by atoms with van der Waals surface area (Å²) in [6.45, 7) is 4.48. The summed E-state index contributed by atoms with van der Waals surface area (Å²) < 4.78 is 26.5. The number of hydrogen-bond donors (Lipinski definition) is 1. The van der Waals surface area contributed by atoms with E-state index in [2.05, 4.69) is 15.5 Å². The molecule has 1 aliphatic rings. The highest BCUT2D eigenvalue weighted by molar-refractivity contribution is 7.89. The van der Waals surface area contributed by atoms with E-state index in [1.807, 2.05) is 13.8 Å². The normalized spacial score (nSPS) is 15.7. The van der Waals surface area contributed by atoms with Crippen molar-refractivity contribution in [2.45, 2.75) is 56.8 Å². The standard InChI is InChI=1S/C21H28N4O3S2/c1-3-25(4-2)30(27,28)18-13-10-16(11-14-18)12-15-19(26)22-21-24-23-20(29-21)17-8-6-5-7-9-17/h10-15,17H,3-9H2,1-2H3,(H,22,24,26)/b15-12+. The number of amides is 1. The molecule has 1 aliphatic carbocycles. The van der Waals surface area contributed by atoms with Crippen LogP contribution in [0.25, 0.3) is 6.08 Å². The Kier molecular flexibility index (Phi) is 7.74. The number of aromatic nitrogens is 2. The summed E-state index contributed by atoms with van der Waals surface area (Å²) >= 11 is 1.44. The van der Waals surface area contributed by atoms with Crippen LogP contribution in [0.15, 0.2) is 35.2 Å². The van der Waals surface area contributed by atoms with Gasteiger partial charge in [0, 0.05) is 25.1 Å². The molecule has 0 unspecified atom stereocenters. The Labute approximate surface area is 182 Å². The van der Waals surface area contributed by atoms with Gasteiger partial charge in [0.1, 0.15) is 5.01 Å². The number of benzene rings is 1. The molecule has 0 radical (unpaired) electrons. The second-order valence-electron chi connectivity index (χ2n) is 7.26. The Morgan fingerprint density at radius 3 is 2.43 bits per heavy atom. The zero-order chi connectivity index (χ0) is 21.6. The molecular formula is C21H28N4O3S2. The first-order valence-corrected chi connectivity index (χ1v) is 12.6. The lowest BCUT2D eigenvalue weighted by atomic mass is 9.90. The van der Waals surface area contributed by atoms with Gasteiger partial charge in [0.25, 0.3) is 0 Å². The minimum Gasteiger partial charge on any atom is -0.297 e. The Balaban J connectivity index is 1.59. The molecule has 1 heterocycles. The molecule has 1 amide bonds. The third kappa shape index (κ3) is 5.53. The topological polar surface area (TPSA) is 92.3 Å². The van der Waals surface area contributed by atoms with Crippen LogP contribution >= 0.6 is 11.3 Å². The largest absolute Gasteiger partial charge is 0.297 e. The van der Waals surface area contributed by atoms with Gasteiger partial charge in [0.2, 0.25) is 21.1 Å². The van der Waals surface area contributed by atoms with Crippen LogP contribution in [0.3, 0.4) is 0 Å². The predicted octanol–water partition coefficient (Wildman–Crippen LogP) is 4.27. The van der Waals surface area contributed by atoms with Gasteiger partial charge >= 0.3 is 0 Å². The number of rotatable bonds is 8. The smallest absolute Gasteiger partial charge is 0.250 e. The molecule has 9 heteroatoms. The number of hydrogen-bond acceptors (Lipinski definition) is 6. The van der Waals surface area contributed by atoms with Gasteiger partial charge in [-0.25, -0.2) is 8.42 Å². The fourth-order valence-electron chi connectivity index (χ4n) is 3.58. The number of carbonyl (C=O) groups excluding carboxylic acids is 1. The van der Waals surface area contributed by atoms with Gasteiger partial charge in [-0.1, -0.05) is 56.6 Å². The van der Waals surface area contributed by atoms with Gasteiger partial charge < -0.3 is 0 Å². The maximum absolute atomic E-state index is 12.5. The monoisotopic (exact) mass is 448 g/mol. The van der Waals surface area contributed by atoms with Crippen molar-refractivity contribution in [1.29, 1.82) is 0 Å². The van der Waals surface area contributed by atoms with Crippen LogP contribution in [0.1, 0.15) is 62.4 Å². The van der Waals surface area contributed by atoms with Crippen LogP contribution in [-0.2, 0) is 14.8 Å². The van der Waals surface area contributed by atoms with Crippen molar-refractivity contribution in [2.75, 3.05) is 18.4 Å². The van der Waals surface area contributed by atoms with Gasteiger partial charge in [-0.3, -0.25) is 10.1 Å².